The van der Waals surface area contributed by atoms with E-state index in [0.717, 1.165) is 31.5 Å². The highest BCUT2D eigenvalue weighted by molar-refractivity contribution is 5.80. The van der Waals surface area contributed by atoms with Crippen molar-refractivity contribution in [2.75, 3.05) is 33.7 Å². The maximum Gasteiger partial charge on any atom is 0.319 e. The zero-order valence-electron chi connectivity index (χ0n) is 16.1. The number of nitrogens with one attached hydrogen (secondary N) is 1. The van der Waals surface area contributed by atoms with Gasteiger partial charge in [-0.25, -0.2) is 4.79 Å². The molecule has 1 aliphatic rings. The van der Waals surface area contributed by atoms with E-state index < -0.39 is 0 Å². The first-order valence-corrected chi connectivity index (χ1v) is 9.12. The van der Waals surface area contributed by atoms with E-state index in [1.807, 2.05) is 11.6 Å². The lowest BCUT2D eigenvalue weighted by Crippen LogP contribution is -2.48. The quantitative estimate of drug-likeness (QED) is 0.877. The number of urea groups is 1. The van der Waals surface area contributed by atoms with Crippen LogP contribution in [0.25, 0.3) is 0 Å². The molecule has 1 saturated heterocycles. The molecule has 0 radical (unpaired) electrons. The van der Waals surface area contributed by atoms with E-state index in [9.17, 15) is 9.59 Å². The van der Waals surface area contributed by atoms with Gasteiger partial charge in [0.15, 0.2) is 0 Å². The van der Waals surface area contributed by atoms with Crippen LogP contribution in [-0.2, 0) is 17.8 Å². The molecule has 7 heteroatoms. The van der Waals surface area contributed by atoms with E-state index in [-0.39, 0.29) is 17.9 Å². The van der Waals surface area contributed by atoms with Gasteiger partial charge in [0.25, 0.3) is 0 Å². The molecule has 1 N–H and O–H groups in total. The standard InChI is InChI=1S/C18H31N5O2/c1-6-16-13(2)20-23(14(16)3)11-9-19-17(24)15-8-7-10-22(12-15)18(25)21(4)5/h15H,6-12H2,1-5H3,(H,19,24). The Bertz CT molecular complexity index is 623. The normalized spacial score (nSPS) is 17.5. The van der Waals surface area contributed by atoms with Crippen LogP contribution in [0.15, 0.2) is 0 Å². The van der Waals surface area contributed by atoms with E-state index >= 15 is 0 Å². The second-order valence-corrected chi connectivity index (χ2v) is 6.98. The van der Waals surface area contributed by atoms with E-state index in [2.05, 4.69) is 24.3 Å². The number of rotatable bonds is 5. The Kier molecular flexibility index (Phi) is 6.45. The van der Waals surface area contributed by atoms with Gasteiger partial charge in [-0.3, -0.25) is 9.48 Å². The van der Waals surface area contributed by atoms with E-state index in [0.29, 0.717) is 19.6 Å². The molecule has 0 spiro atoms. The number of aromatic nitrogens is 2. The number of nitrogens with zero attached hydrogens (tertiary/aromatic N) is 4. The van der Waals surface area contributed by atoms with E-state index in [4.69, 9.17) is 0 Å². The molecule has 140 valence electrons. The molecule has 25 heavy (non-hydrogen) atoms. The highest BCUT2D eigenvalue weighted by Crippen LogP contribution is 2.17. The molecule has 7 nitrogen and oxygen atoms in total. The zero-order chi connectivity index (χ0) is 18.6. The zero-order valence-corrected chi connectivity index (χ0v) is 16.1. The van der Waals surface area contributed by atoms with Crippen LogP contribution in [-0.4, -0.2) is 65.2 Å². The molecule has 1 fully saturated rings. The van der Waals surface area contributed by atoms with Crippen LogP contribution in [0.3, 0.4) is 0 Å². The fraction of sp³-hybridized carbons (Fsp3) is 0.722. The number of aryl methyl sites for hydroxylation is 1. The minimum atomic E-state index is -0.121. The average Bonchev–Trinajstić information content (AvgIpc) is 2.87. The summed E-state index contributed by atoms with van der Waals surface area (Å²) in [5, 5.41) is 7.56. The minimum absolute atomic E-state index is 0.0211. The number of carbonyl (C=O) groups is 2. The topological polar surface area (TPSA) is 70.5 Å². The molecule has 2 heterocycles. The van der Waals surface area contributed by atoms with Crippen molar-refractivity contribution in [2.24, 2.45) is 5.92 Å². The van der Waals surface area contributed by atoms with Crippen LogP contribution in [0.5, 0.6) is 0 Å². The Morgan fingerprint density at radius 3 is 2.64 bits per heavy atom. The molecule has 0 saturated carbocycles. The van der Waals surface area contributed by atoms with Crippen LogP contribution in [0, 0.1) is 19.8 Å². The summed E-state index contributed by atoms with van der Waals surface area (Å²) in [5.74, 6) is -0.0854. The molecule has 0 aromatic carbocycles. The second-order valence-electron chi connectivity index (χ2n) is 6.98. The molecule has 3 amide bonds. The number of likely N-dealkylation sites (tertiary alicyclic amines) is 1. The van der Waals surface area contributed by atoms with E-state index in [1.54, 1.807) is 23.9 Å². The summed E-state index contributed by atoms with van der Waals surface area (Å²) in [7, 11) is 3.48. The van der Waals surface area contributed by atoms with Crippen LogP contribution >= 0.6 is 0 Å². The fourth-order valence-electron chi connectivity index (χ4n) is 3.54. The first-order chi connectivity index (χ1) is 11.8. The molecule has 2 rings (SSSR count). The van der Waals surface area contributed by atoms with Crippen molar-refractivity contribution in [3.63, 3.8) is 0 Å². The smallest absolute Gasteiger partial charge is 0.319 e. The van der Waals surface area contributed by atoms with Crippen molar-refractivity contribution in [1.82, 2.24) is 24.9 Å². The summed E-state index contributed by atoms with van der Waals surface area (Å²) in [6.07, 6.45) is 2.68. The molecule has 1 aliphatic heterocycles. The van der Waals surface area contributed by atoms with Gasteiger partial charge in [0.1, 0.15) is 0 Å². The summed E-state index contributed by atoms with van der Waals surface area (Å²) in [4.78, 5) is 27.9. The van der Waals surface area contributed by atoms with Crippen LogP contribution in [0.1, 0.15) is 36.7 Å². The van der Waals surface area contributed by atoms with Crippen LogP contribution in [0.4, 0.5) is 4.79 Å². The third-order valence-corrected chi connectivity index (χ3v) is 4.95. The number of amides is 3. The van der Waals surface area contributed by atoms with Gasteiger partial charge in [-0.1, -0.05) is 6.92 Å². The maximum absolute atomic E-state index is 12.4. The van der Waals surface area contributed by atoms with Crippen molar-refractivity contribution in [2.45, 2.75) is 46.6 Å². The second kappa shape index (κ2) is 8.36. The molecule has 0 aliphatic carbocycles. The average molecular weight is 349 g/mol. The van der Waals surface area contributed by atoms with Gasteiger partial charge in [0.2, 0.25) is 5.91 Å². The maximum atomic E-state index is 12.4. The minimum Gasteiger partial charge on any atom is -0.354 e. The molecular weight excluding hydrogens is 318 g/mol. The van der Waals surface area contributed by atoms with Gasteiger partial charge in [-0.05, 0) is 38.7 Å². The summed E-state index contributed by atoms with van der Waals surface area (Å²) in [5.41, 5.74) is 3.53. The van der Waals surface area contributed by atoms with Crippen molar-refractivity contribution < 1.29 is 9.59 Å². The highest BCUT2D eigenvalue weighted by Gasteiger charge is 2.28. The summed E-state index contributed by atoms with van der Waals surface area (Å²) in [6, 6.07) is -0.0211. The monoisotopic (exact) mass is 349 g/mol. The largest absolute Gasteiger partial charge is 0.354 e. The van der Waals surface area contributed by atoms with Gasteiger partial charge in [0, 0.05) is 39.4 Å². The molecule has 1 unspecified atom stereocenters. The lowest BCUT2D eigenvalue weighted by Gasteiger charge is -2.33. The summed E-state index contributed by atoms with van der Waals surface area (Å²) < 4.78 is 1.97. The Hall–Kier alpha value is -2.05. The first kappa shape index (κ1) is 19.3. The number of piperidine rings is 1. The van der Waals surface area contributed by atoms with E-state index in [1.165, 1.54) is 11.3 Å². The Morgan fingerprint density at radius 1 is 1.32 bits per heavy atom. The lowest BCUT2D eigenvalue weighted by molar-refractivity contribution is -0.126. The SMILES string of the molecule is CCc1c(C)nn(CCNC(=O)C2CCCN(C(=O)N(C)C)C2)c1C. The Balaban J connectivity index is 1.85. The Morgan fingerprint density at radius 2 is 2.04 bits per heavy atom. The first-order valence-electron chi connectivity index (χ1n) is 9.12. The molecule has 1 atom stereocenters. The van der Waals surface area contributed by atoms with Crippen molar-refractivity contribution in [3.8, 4) is 0 Å². The molecule has 1 aromatic rings. The molecule has 1 aromatic heterocycles. The summed E-state index contributed by atoms with van der Waals surface area (Å²) in [6.45, 7) is 8.70. The van der Waals surface area contributed by atoms with Crippen LogP contribution in [0.2, 0.25) is 0 Å². The number of hydrogen-bond donors (Lipinski definition) is 1. The van der Waals surface area contributed by atoms with Crippen molar-refractivity contribution in [3.05, 3.63) is 17.0 Å². The van der Waals surface area contributed by atoms with Crippen molar-refractivity contribution in [1.29, 1.82) is 0 Å². The molecule has 0 bridgehead atoms. The summed E-state index contributed by atoms with van der Waals surface area (Å²) >= 11 is 0. The van der Waals surface area contributed by atoms with Gasteiger partial charge in [-0.15, -0.1) is 0 Å². The third kappa shape index (κ3) is 4.52. The lowest BCUT2D eigenvalue weighted by atomic mass is 9.97. The Labute approximate surface area is 150 Å². The van der Waals surface area contributed by atoms with Gasteiger partial charge < -0.3 is 15.1 Å². The fourth-order valence-corrected chi connectivity index (χ4v) is 3.54. The number of carbonyl (C=O) groups excluding carboxylic acids is 2. The van der Waals surface area contributed by atoms with Crippen molar-refractivity contribution >= 4 is 11.9 Å². The van der Waals surface area contributed by atoms with Gasteiger partial charge >= 0.3 is 6.03 Å². The predicted molar refractivity (Wildman–Crippen MR) is 97.5 cm³/mol. The van der Waals surface area contributed by atoms with Crippen LogP contribution < -0.4 is 5.32 Å². The number of hydrogen-bond acceptors (Lipinski definition) is 3. The van der Waals surface area contributed by atoms with Gasteiger partial charge in [-0.2, -0.15) is 5.10 Å². The van der Waals surface area contributed by atoms with Gasteiger partial charge in [0.05, 0.1) is 18.2 Å². The highest BCUT2D eigenvalue weighted by atomic mass is 16.2. The third-order valence-electron chi connectivity index (χ3n) is 4.95. The molecular formula is C18H31N5O2. The predicted octanol–water partition coefficient (Wildman–Crippen LogP) is 1.57.